The molecule has 0 spiro atoms. The van der Waals surface area contributed by atoms with Gasteiger partial charge in [-0.25, -0.2) is 9.37 Å². The van der Waals surface area contributed by atoms with E-state index in [2.05, 4.69) is 32.4 Å². The van der Waals surface area contributed by atoms with Gasteiger partial charge in [-0.05, 0) is 24.6 Å². The van der Waals surface area contributed by atoms with Gasteiger partial charge in [-0.2, -0.15) is 0 Å². The Balaban J connectivity index is 1.79. The van der Waals surface area contributed by atoms with E-state index in [1.54, 1.807) is 25.1 Å². The van der Waals surface area contributed by atoms with Crippen molar-refractivity contribution in [1.29, 1.82) is 0 Å². The lowest BCUT2D eigenvalue weighted by Crippen LogP contribution is -2.32. The Morgan fingerprint density at radius 3 is 2.67 bits per heavy atom. The van der Waals surface area contributed by atoms with E-state index in [0.717, 1.165) is 0 Å². The first-order chi connectivity index (χ1) is 14.4. The van der Waals surface area contributed by atoms with Gasteiger partial charge in [0.15, 0.2) is 0 Å². The number of hydrogen-bond donors (Lipinski definition) is 6. The Hall–Kier alpha value is -3.21. The molecule has 0 aliphatic rings. The molecule has 0 aliphatic heterocycles. The fraction of sp³-hybridized carbons (Fsp3) is 0.300. The molecule has 160 valence electrons. The van der Waals surface area contributed by atoms with Gasteiger partial charge in [-0.15, -0.1) is 5.10 Å². The molecule has 10 heteroatoms. The second kappa shape index (κ2) is 9.53. The van der Waals surface area contributed by atoms with Crippen molar-refractivity contribution in [3.8, 4) is 5.88 Å². The van der Waals surface area contributed by atoms with Crippen LogP contribution >= 0.6 is 0 Å². The first-order valence-electron chi connectivity index (χ1n) is 9.31. The average Bonchev–Trinajstić information content (AvgIpc) is 3.13. The summed E-state index contributed by atoms with van der Waals surface area (Å²) < 4.78 is 18.6. The number of fused-ring (bicyclic) bond motifs is 1. The highest BCUT2D eigenvalue weighted by molar-refractivity contribution is 5.88. The molecule has 0 bridgehead atoms. The van der Waals surface area contributed by atoms with Crippen molar-refractivity contribution in [2.75, 3.05) is 18.5 Å². The third-order valence-electron chi connectivity index (χ3n) is 4.39. The number of rotatable bonds is 10. The summed E-state index contributed by atoms with van der Waals surface area (Å²) in [6, 6.07) is 6.94. The summed E-state index contributed by atoms with van der Waals surface area (Å²) in [5.74, 6) is 0.600. The molecule has 0 saturated heterocycles. The van der Waals surface area contributed by atoms with Gasteiger partial charge >= 0.3 is 0 Å². The van der Waals surface area contributed by atoms with Crippen LogP contribution in [0.2, 0.25) is 0 Å². The van der Waals surface area contributed by atoms with Gasteiger partial charge < -0.3 is 30.7 Å². The molecule has 1 aromatic carbocycles. The van der Waals surface area contributed by atoms with Crippen molar-refractivity contribution >= 4 is 16.7 Å². The summed E-state index contributed by atoms with van der Waals surface area (Å²) in [6.07, 6.45) is -0.781. The van der Waals surface area contributed by atoms with Crippen molar-refractivity contribution in [2.45, 2.75) is 25.7 Å². The minimum absolute atomic E-state index is 0.0651. The summed E-state index contributed by atoms with van der Waals surface area (Å²) in [4.78, 5) is 4.36. The Kier molecular flexibility index (Phi) is 6.83. The number of H-pyrrole nitrogens is 1. The molecular weight excluding hydrogens is 393 g/mol. The topological polar surface area (TPSA) is 136 Å². The smallest absolute Gasteiger partial charge is 0.242 e. The van der Waals surface area contributed by atoms with Crippen molar-refractivity contribution < 1.29 is 24.4 Å². The van der Waals surface area contributed by atoms with Gasteiger partial charge in [0.2, 0.25) is 5.88 Å². The zero-order valence-corrected chi connectivity index (χ0v) is 16.4. The van der Waals surface area contributed by atoms with Crippen LogP contribution in [0.5, 0.6) is 5.88 Å². The predicted molar refractivity (Wildman–Crippen MR) is 109 cm³/mol. The van der Waals surface area contributed by atoms with E-state index in [0.29, 0.717) is 33.8 Å². The molecule has 0 amide bonds. The molecule has 0 unspecified atom stereocenters. The predicted octanol–water partition coefficient (Wildman–Crippen LogP) is 1.56. The molecular formula is C20H24FN5O4. The molecule has 2 heterocycles. The van der Waals surface area contributed by atoms with Crippen LogP contribution in [0.15, 0.2) is 42.7 Å². The highest BCUT2D eigenvalue weighted by Crippen LogP contribution is 2.28. The largest absolute Gasteiger partial charge is 0.474 e. The molecule has 6 N–H and O–H groups in total. The number of aromatic amines is 1. The molecule has 9 nitrogen and oxygen atoms in total. The van der Waals surface area contributed by atoms with Crippen molar-refractivity contribution in [3.63, 3.8) is 0 Å². The van der Waals surface area contributed by atoms with E-state index in [1.165, 1.54) is 12.1 Å². The summed E-state index contributed by atoms with van der Waals surface area (Å²) >= 11 is 0. The molecule has 30 heavy (non-hydrogen) atoms. The molecule has 0 saturated carbocycles. The summed E-state index contributed by atoms with van der Waals surface area (Å²) in [5.41, 5.74) is 1.59. The van der Waals surface area contributed by atoms with E-state index in [-0.39, 0.29) is 31.5 Å². The SMILES string of the molecule is C=C(Nc1cc2[nH]nc(OCCO)c2c(CO)n1)N[C@@H](c1ccc(F)cc1)[C@H](C)O. The molecule has 0 radical (unpaired) electrons. The first kappa shape index (κ1) is 21.5. The van der Waals surface area contributed by atoms with Gasteiger partial charge in [0.05, 0.1) is 47.8 Å². The van der Waals surface area contributed by atoms with Crippen molar-refractivity contribution in [3.05, 3.63) is 59.8 Å². The lowest BCUT2D eigenvalue weighted by molar-refractivity contribution is 0.151. The van der Waals surface area contributed by atoms with Crippen LogP contribution in [0.1, 0.15) is 24.2 Å². The standard InChI is InChI=1S/C20H24FN5O4/c1-11(29)19(13-3-5-14(21)6-4-13)23-12(2)22-17-9-15-18(16(10-28)24-17)20(26-25-15)30-8-7-27/h3-6,9,11,19,23,27-29H,2,7-8,10H2,1H3,(H,22,24)(H,25,26)/t11-,19+/m0/s1. The van der Waals surface area contributed by atoms with E-state index in [1.807, 2.05) is 0 Å². The van der Waals surface area contributed by atoms with Crippen LogP contribution in [0, 0.1) is 5.82 Å². The Morgan fingerprint density at radius 1 is 1.30 bits per heavy atom. The number of nitrogens with one attached hydrogen (secondary N) is 3. The quantitative estimate of drug-likeness (QED) is 0.293. The maximum absolute atomic E-state index is 13.2. The van der Waals surface area contributed by atoms with Gasteiger partial charge in [0.25, 0.3) is 0 Å². The lowest BCUT2D eigenvalue weighted by Gasteiger charge is -2.24. The Labute approximate surface area is 172 Å². The maximum atomic E-state index is 13.2. The number of benzene rings is 1. The van der Waals surface area contributed by atoms with Gasteiger partial charge in [0, 0.05) is 6.07 Å². The Bertz CT molecular complexity index is 1010. The Morgan fingerprint density at radius 2 is 2.03 bits per heavy atom. The number of aliphatic hydroxyl groups excluding tert-OH is 3. The number of nitrogens with zero attached hydrogens (tertiary/aromatic N) is 2. The van der Waals surface area contributed by atoms with Crippen LogP contribution in [-0.2, 0) is 6.61 Å². The minimum Gasteiger partial charge on any atom is -0.474 e. The number of pyridine rings is 1. The van der Waals surface area contributed by atoms with Gasteiger partial charge in [-0.3, -0.25) is 5.10 Å². The molecule has 2 aromatic heterocycles. The maximum Gasteiger partial charge on any atom is 0.242 e. The van der Waals surface area contributed by atoms with Crippen LogP contribution in [0.4, 0.5) is 10.2 Å². The van der Waals surface area contributed by atoms with Gasteiger partial charge in [-0.1, -0.05) is 18.7 Å². The van der Waals surface area contributed by atoms with E-state index in [4.69, 9.17) is 9.84 Å². The van der Waals surface area contributed by atoms with E-state index < -0.39 is 12.1 Å². The minimum atomic E-state index is -0.781. The van der Waals surface area contributed by atoms with Crippen LogP contribution in [-0.4, -0.2) is 49.8 Å². The second-order valence-corrected chi connectivity index (χ2v) is 6.65. The van der Waals surface area contributed by atoms with Crippen LogP contribution in [0.3, 0.4) is 0 Å². The monoisotopic (exact) mass is 417 g/mol. The van der Waals surface area contributed by atoms with Crippen molar-refractivity contribution in [1.82, 2.24) is 20.5 Å². The number of halogens is 1. The molecule has 2 atom stereocenters. The molecule has 0 fully saturated rings. The number of ether oxygens (including phenoxy) is 1. The third-order valence-corrected chi connectivity index (χ3v) is 4.39. The number of aromatic nitrogens is 3. The average molecular weight is 417 g/mol. The fourth-order valence-electron chi connectivity index (χ4n) is 3.05. The normalized spacial score (nSPS) is 13.1. The van der Waals surface area contributed by atoms with Crippen LogP contribution in [0.25, 0.3) is 10.9 Å². The second-order valence-electron chi connectivity index (χ2n) is 6.65. The number of aliphatic hydroxyl groups is 3. The van der Waals surface area contributed by atoms with Crippen molar-refractivity contribution in [2.24, 2.45) is 0 Å². The highest BCUT2D eigenvalue weighted by Gasteiger charge is 2.19. The fourth-order valence-corrected chi connectivity index (χ4v) is 3.05. The lowest BCUT2D eigenvalue weighted by atomic mass is 10.0. The third kappa shape index (κ3) is 4.85. The highest BCUT2D eigenvalue weighted by atomic mass is 19.1. The summed E-state index contributed by atoms with van der Waals surface area (Å²) in [5, 5.41) is 42.2. The zero-order valence-electron chi connectivity index (χ0n) is 16.4. The number of anilines is 1. The summed E-state index contributed by atoms with van der Waals surface area (Å²) in [6.45, 7) is 5.06. The van der Waals surface area contributed by atoms with E-state index in [9.17, 15) is 14.6 Å². The number of hydrogen-bond acceptors (Lipinski definition) is 8. The molecule has 0 aliphatic carbocycles. The zero-order chi connectivity index (χ0) is 21.7. The van der Waals surface area contributed by atoms with Gasteiger partial charge in [0.1, 0.15) is 18.2 Å². The van der Waals surface area contributed by atoms with E-state index >= 15 is 0 Å². The molecule has 3 aromatic rings. The first-order valence-corrected chi connectivity index (χ1v) is 9.31. The summed E-state index contributed by atoms with van der Waals surface area (Å²) in [7, 11) is 0. The van der Waals surface area contributed by atoms with Crippen LogP contribution < -0.4 is 15.4 Å². The molecule has 3 rings (SSSR count).